The molecule has 1 saturated carbocycles. The van der Waals surface area contributed by atoms with Crippen molar-refractivity contribution in [2.75, 3.05) is 13.7 Å². The van der Waals surface area contributed by atoms with Crippen molar-refractivity contribution in [1.29, 1.82) is 0 Å². The highest BCUT2D eigenvalue weighted by Crippen LogP contribution is 2.43. The molecule has 1 unspecified atom stereocenters. The van der Waals surface area contributed by atoms with Crippen LogP contribution in [0.5, 0.6) is 5.75 Å². The number of halogens is 2. The third-order valence-electron chi connectivity index (χ3n) is 3.62. The van der Waals surface area contributed by atoms with Crippen LogP contribution in [0.3, 0.4) is 0 Å². The molecule has 1 fully saturated rings. The first-order valence-electron chi connectivity index (χ1n) is 6.43. The lowest BCUT2D eigenvalue weighted by Gasteiger charge is -2.35. The van der Waals surface area contributed by atoms with Gasteiger partial charge < -0.3 is 10.1 Å². The summed E-state index contributed by atoms with van der Waals surface area (Å²) in [4.78, 5) is 0. The second kappa shape index (κ2) is 6.27. The Morgan fingerprint density at radius 2 is 2.22 bits per heavy atom. The maximum atomic E-state index is 6.18. The highest BCUT2D eigenvalue weighted by atomic mass is 79.9. The first-order valence-corrected chi connectivity index (χ1v) is 7.60. The van der Waals surface area contributed by atoms with E-state index in [1.54, 1.807) is 7.11 Å². The number of methoxy groups -OCH3 is 1. The smallest absolute Gasteiger partial charge is 0.137 e. The van der Waals surface area contributed by atoms with Crippen LogP contribution >= 0.6 is 27.5 Å². The third-order valence-corrected chi connectivity index (χ3v) is 4.43. The molecule has 0 heterocycles. The Morgan fingerprint density at radius 1 is 1.50 bits per heavy atom. The summed E-state index contributed by atoms with van der Waals surface area (Å²) in [6.45, 7) is 3.09. The lowest BCUT2D eigenvalue weighted by atomic mass is 9.77. The monoisotopic (exact) mass is 331 g/mol. The van der Waals surface area contributed by atoms with E-state index in [-0.39, 0.29) is 0 Å². The summed E-state index contributed by atoms with van der Waals surface area (Å²) in [6, 6.07) is 4.25. The van der Waals surface area contributed by atoms with E-state index < -0.39 is 0 Å². The molecule has 0 amide bonds. The fourth-order valence-electron chi connectivity index (χ4n) is 2.55. The van der Waals surface area contributed by atoms with Crippen molar-refractivity contribution < 1.29 is 4.74 Å². The topological polar surface area (TPSA) is 21.3 Å². The number of benzene rings is 1. The summed E-state index contributed by atoms with van der Waals surface area (Å²) in [5.41, 5.74) is 1.17. The van der Waals surface area contributed by atoms with Crippen LogP contribution in [0, 0.1) is 5.92 Å². The van der Waals surface area contributed by atoms with Crippen molar-refractivity contribution in [3.63, 3.8) is 0 Å². The van der Waals surface area contributed by atoms with Gasteiger partial charge in [-0.25, -0.2) is 0 Å². The van der Waals surface area contributed by atoms with Crippen LogP contribution in [0.4, 0.5) is 0 Å². The van der Waals surface area contributed by atoms with Crippen molar-refractivity contribution in [1.82, 2.24) is 5.32 Å². The first kappa shape index (κ1) is 14.2. The molecular weight excluding hydrogens is 314 g/mol. The number of nitrogens with one attached hydrogen (secondary N) is 1. The average Bonchev–Trinajstić information content (AvgIpc) is 2.25. The van der Waals surface area contributed by atoms with Gasteiger partial charge in [-0.1, -0.05) is 24.9 Å². The van der Waals surface area contributed by atoms with Gasteiger partial charge in [0.2, 0.25) is 0 Å². The van der Waals surface area contributed by atoms with E-state index in [4.69, 9.17) is 16.3 Å². The largest absolute Gasteiger partial charge is 0.495 e. The maximum Gasteiger partial charge on any atom is 0.137 e. The summed E-state index contributed by atoms with van der Waals surface area (Å²) in [5, 5.41) is 4.32. The van der Waals surface area contributed by atoms with Crippen molar-refractivity contribution >= 4 is 27.5 Å². The van der Waals surface area contributed by atoms with Gasteiger partial charge in [0, 0.05) is 16.6 Å². The van der Waals surface area contributed by atoms with Crippen molar-refractivity contribution in [3.05, 3.63) is 27.2 Å². The standard InChI is InChI=1S/C14H19BrClNO/c1-3-17-13(9-5-4-6-9)11-7-10(16)8-12(15)14(11)18-2/h7-9,13,17H,3-6H2,1-2H3. The zero-order chi connectivity index (χ0) is 13.1. The Labute approximate surface area is 122 Å². The third kappa shape index (κ3) is 2.84. The second-order valence-corrected chi connectivity index (χ2v) is 6.03. The van der Waals surface area contributed by atoms with E-state index in [9.17, 15) is 0 Å². The van der Waals surface area contributed by atoms with E-state index in [1.807, 2.05) is 12.1 Å². The van der Waals surface area contributed by atoms with Crippen LogP contribution in [0.1, 0.15) is 37.8 Å². The molecule has 1 aliphatic carbocycles. The molecule has 2 nitrogen and oxygen atoms in total. The number of rotatable bonds is 5. The molecule has 1 aromatic carbocycles. The number of ether oxygens (including phenoxy) is 1. The normalized spacial score (nSPS) is 17.3. The molecule has 0 bridgehead atoms. The van der Waals surface area contributed by atoms with Crippen LogP contribution < -0.4 is 10.1 Å². The first-order chi connectivity index (χ1) is 8.67. The highest BCUT2D eigenvalue weighted by molar-refractivity contribution is 9.10. The molecule has 0 saturated heterocycles. The Bertz CT molecular complexity index is 421. The zero-order valence-electron chi connectivity index (χ0n) is 10.8. The summed E-state index contributed by atoms with van der Waals surface area (Å²) >= 11 is 9.71. The summed E-state index contributed by atoms with van der Waals surface area (Å²) in [7, 11) is 1.71. The number of hydrogen-bond donors (Lipinski definition) is 1. The molecule has 1 aliphatic rings. The average molecular weight is 333 g/mol. The second-order valence-electron chi connectivity index (χ2n) is 4.74. The maximum absolute atomic E-state index is 6.18. The molecule has 0 spiro atoms. The van der Waals surface area contributed by atoms with Gasteiger partial charge >= 0.3 is 0 Å². The minimum absolute atomic E-state index is 0.341. The minimum Gasteiger partial charge on any atom is -0.495 e. The van der Waals surface area contributed by atoms with Gasteiger partial charge in [-0.2, -0.15) is 0 Å². The Balaban J connectivity index is 2.38. The van der Waals surface area contributed by atoms with Gasteiger partial charge in [-0.15, -0.1) is 0 Å². The molecule has 0 aromatic heterocycles. The molecule has 0 radical (unpaired) electrons. The predicted molar refractivity (Wildman–Crippen MR) is 79.5 cm³/mol. The fraction of sp³-hybridized carbons (Fsp3) is 0.571. The quantitative estimate of drug-likeness (QED) is 0.853. The summed E-state index contributed by atoms with van der Waals surface area (Å²) < 4.78 is 6.46. The molecule has 1 aromatic rings. The zero-order valence-corrected chi connectivity index (χ0v) is 13.1. The van der Waals surface area contributed by atoms with E-state index in [0.717, 1.165) is 21.8 Å². The Hall–Kier alpha value is -0.250. The van der Waals surface area contributed by atoms with E-state index in [0.29, 0.717) is 12.0 Å². The molecule has 2 rings (SSSR count). The van der Waals surface area contributed by atoms with Crippen molar-refractivity contribution in [2.24, 2.45) is 5.92 Å². The van der Waals surface area contributed by atoms with E-state index in [2.05, 4.69) is 28.2 Å². The summed E-state index contributed by atoms with van der Waals surface area (Å²) in [5.74, 6) is 1.60. The van der Waals surface area contributed by atoms with Crippen LogP contribution in [0.2, 0.25) is 5.02 Å². The highest BCUT2D eigenvalue weighted by Gasteiger charge is 2.30. The lowest BCUT2D eigenvalue weighted by Crippen LogP contribution is -2.32. The Kier molecular flexibility index (Phi) is 4.93. The van der Waals surface area contributed by atoms with Crippen LogP contribution in [0.25, 0.3) is 0 Å². The van der Waals surface area contributed by atoms with Gasteiger partial charge in [0.1, 0.15) is 5.75 Å². The number of hydrogen-bond acceptors (Lipinski definition) is 2. The van der Waals surface area contributed by atoms with Gasteiger partial charge in [-0.3, -0.25) is 0 Å². The van der Waals surface area contributed by atoms with E-state index in [1.165, 1.54) is 24.8 Å². The molecule has 0 aliphatic heterocycles. The lowest BCUT2D eigenvalue weighted by molar-refractivity contribution is 0.228. The van der Waals surface area contributed by atoms with Crippen LogP contribution in [-0.4, -0.2) is 13.7 Å². The Morgan fingerprint density at radius 3 is 2.72 bits per heavy atom. The molecular formula is C14H19BrClNO. The van der Waals surface area contributed by atoms with E-state index >= 15 is 0 Å². The van der Waals surface area contributed by atoms with Gasteiger partial charge in [0.25, 0.3) is 0 Å². The molecule has 100 valence electrons. The minimum atomic E-state index is 0.341. The van der Waals surface area contributed by atoms with Crippen LogP contribution in [0.15, 0.2) is 16.6 Å². The predicted octanol–water partition coefficient (Wildman–Crippen LogP) is 4.56. The molecule has 1 atom stereocenters. The molecule has 1 N–H and O–H groups in total. The van der Waals surface area contributed by atoms with Gasteiger partial charge in [0.05, 0.1) is 11.6 Å². The SMILES string of the molecule is CCNC(c1cc(Cl)cc(Br)c1OC)C1CCC1. The van der Waals surface area contributed by atoms with Gasteiger partial charge in [-0.05, 0) is 53.4 Å². The van der Waals surface area contributed by atoms with Crippen LogP contribution in [-0.2, 0) is 0 Å². The fourth-order valence-corrected chi connectivity index (χ4v) is 3.55. The molecule has 4 heteroatoms. The van der Waals surface area contributed by atoms with Crippen molar-refractivity contribution in [3.8, 4) is 5.75 Å². The summed E-state index contributed by atoms with van der Waals surface area (Å²) in [6.07, 6.45) is 3.90. The molecule has 18 heavy (non-hydrogen) atoms. The van der Waals surface area contributed by atoms with Crippen molar-refractivity contribution in [2.45, 2.75) is 32.2 Å². The van der Waals surface area contributed by atoms with Gasteiger partial charge in [0.15, 0.2) is 0 Å².